The third kappa shape index (κ3) is 8.88. The third-order valence-corrected chi connectivity index (χ3v) is 2.87. The molecule has 1 saturated carbocycles. The van der Waals surface area contributed by atoms with Gasteiger partial charge in [-0.3, -0.25) is 0 Å². The van der Waals surface area contributed by atoms with Gasteiger partial charge in [0, 0.05) is 19.3 Å². The molecule has 1 aliphatic carbocycles. The molecule has 0 atom stereocenters. The molecule has 0 aromatic carbocycles. The second-order valence-corrected chi connectivity index (χ2v) is 4.61. The van der Waals surface area contributed by atoms with E-state index in [2.05, 4.69) is 12.2 Å². The first-order valence-corrected chi connectivity index (χ1v) is 6.74. The Morgan fingerprint density at radius 2 is 1.73 bits per heavy atom. The fraction of sp³-hybridized carbons (Fsp3) is 1.00. The summed E-state index contributed by atoms with van der Waals surface area (Å²) in [6.07, 6.45) is 10.5. The molecule has 0 unspecified atom stereocenters. The average molecular weight is 213 g/mol. The van der Waals surface area contributed by atoms with Crippen LogP contribution in [0.25, 0.3) is 0 Å². The van der Waals surface area contributed by atoms with Gasteiger partial charge in [-0.15, -0.1) is 0 Å². The van der Waals surface area contributed by atoms with Crippen LogP contribution in [0.2, 0.25) is 0 Å². The fourth-order valence-electron chi connectivity index (χ4n) is 1.66. The molecule has 1 N–H and O–H groups in total. The van der Waals surface area contributed by atoms with E-state index in [1.807, 2.05) is 0 Å². The van der Waals surface area contributed by atoms with Gasteiger partial charge in [-0.1, -0.05) is 19.8 Å². The van der Waals surface area contributed by atoms with Crippen molar-refractivity contribution in [2.45, 2.75) is 64.3 Å². The van der Waals surface area contributed by atoms with Crippen LogP contribution in [0.3, 0.4) is 0 Å². The largest absolute Gasteiger partial charge is 0.381 e. The Morgan fingerprint density at radius 3 is 2.40 bits per heavy atom. The molecule has 15 heavy (non-hydrogen) atoms. The van der Waals surface area contributed by atoms with Crippen molar-refractivity contribution in [2.24, 2.45) is 0 Å². The van der Waals surface area contributed by atoms with Gasteiger partial charge in [0.15, 0.2) is 0 Å². The molecule has 0 bridgehead atoms. The molecular formula is C13H27NO. The minimum absolute atomic E-state index is 0.871. The Balaban J connectivity index is 1.62. The first-order chi connectivity index (χ1) is 7.43. The summed E-state index contributed by atoms with van der Waals surface area (Å²) in [7, 11) is 0. The van der Waals surface area contributed by atoms with Crippen LogP contribution in [-0.2, 0) is 4.74 Å². The zero-order valence-corrected chi connectivity index (χ0v) is 10.3. The van der Waals surface area contributed by atoms with Gasteiger partial charge in [0.2, 0.25) is 0 Å². The Kier molecular flexibility index (Phi) is 7.94. The zero-order chi connectivity index (χ0) is 10.8. The summed E-state index contributed by atoms with van der Waals surface area (Å²) in [6, 6.07) is 0.871. The normalized spacial score (nSPS) is 15.8. The summed E-state index contributed by atoms with van der Waals surface area (Å²) in [5.74, 6) is 0. The van der Waals surface area contributed by atoms with Crippen LogP contribution in [0.15, 0.2) is 0 Å². The van der Waals surface area contributed by atoms with Gasteiger partial charge in [0.1, 0.15) is 0 Å². The number of ether oxygens (including phenoxy) is 1. The Bertz CT molecular complexity index is 134. The van der Waals surface area contributed by atoms with E-state index in [1.54, 1.807) is 0 Å². The van der Waals surface area contributed by atoms with E-state index < -0.39 is 0 Å². The van der Waals surface area contributed by atoms with E-state index in [4.69, 9.17) is 4.74 Å². The molecule has 0 aromatic heterocycles. The number of rotatable bonds is 11. The van der Waals surface area contributed by atoms with Crippen molar-refractivity contribution in [3.05, 3.63) is 0 Å². The smallest absolute Gasteiger partial charge is 0.0466 e. The van der Waals surface area contributed by atoms with Crippen molar-refractivity contribution in [2.75, 3.05) is 19.8 Å². The van der Waals surface area contributed by atoms with Crippen molar-refractivity contribution >= 4 is 0 Å². The highest BCUT2D eigenvalue weighted by Gasteiger charge is 2.19. The van der Waals surface area contributed by atoms with Crippen molar-refractivity contribution in [1.29, 1.82) is 0 Å². The van der Waals surface area contributed by atoms with Crippen molar-refractivity contribution in [3.63, 3.8) is 0 Å². The van der Waals surface area contributed by atoms with Crippen LogP contribution in [0, 0.1) is 0 Å². The van der Waals surface area contributed by atoms with E-state index in [1.165, 1.54) is 57.9 Å². The number of unbranched alkanes of at least 4 members (excludes halogenated alkanes) is 4. The van der Waals surface area contributed by atoms with Crippen LogP contribution in [0.1, 0.15) is 58.3 Å². The fourth-order valence-corrected chi connectivity index (χ4v) is 1.66. The maximum absolute atomic E-state index is 5.56. The minimum Gasteiger partial charge on any atom is -0.381 e. The van der Waals surface area contributed by atoms with E-state index in [-0.39, 0.29) is 0 Å². The van der Waals surface area contributed by atoms with Gasteiger partial charge in [0.05, 0.1) is 0 Å². The minimum atomic E-state index is 0.871. The summed E-state index contributed by atoms with van der Waals surface area (Å²) in [6.45, 7) is 5.37. The van der Waals surface area contributed by atoms with Crippen LogP contribution in [0.5, 0.6) is 0 Å². The van der Waals surface area contributed by atoms with E-state index in [0.717, 1.165) is 19.3 Å². The van der Waals surface area contributed by atoms with Crippen LogP contribution in [-0.4, -0.2) is 25.8 Å². The molecule has 0 radical (unpaired) electrons. The van der Waals surface area contributed by atoms with Crippen LogP contribution < -0.4 is 5.32 Å². The van der Waals surface area contributed by atoms with Gasteiger partial charge in [-0.2, -0.15) is 0 Å². The molecule has 2 nitrogen and oxygen atoms in total. The molecule has 0 saturated heterocycles. The Hall–Kier alpha value is -0.0800. The molecule has 2 heteroatoms. The summed E-state index contributed by atoms with van der Waals surface area (Å²) in [4.78, 5) is 0. The lowest BCUT2D eigenvalue weighted by molar-refractivity contribution is 0.126. The molecule has 1 aliphatic rings. The second kappa shape index (κ2) is 9.17. The lowest BCUT2D eigenvalue weighted by Gasteiger charge is -2.04. The highest BCUT2D eigenvalue weighted by molar-refractivity contribution is 4.80. The number of hydrogen-bond donors (Lipinski definition) is 1. The maximum atomic E-state index is 5.56. The van der Waals surface area contributed by atoms with Gasteiger partial charge < -0.3 is 10.1 Å². The van der Waals surface area contributed by atoms with Crippen molar-refractivity contribution in [1.82, 2.24) is 5.32 Å². The standard InChI is InChI=1S/C13H27NO/c1-2-3-6-11-15-12-7-4-5-10-14-13-8-9-13/h13-14H,2-12H2,1H3. The highest BCUT2D eigenvalue weighted by Crippen LogP contribution is 2.18. The van der Waals surface area contributed by atoms with E-state index in [9.17, 15) is 0 Å². The summed E-state index contributed by atoms with van der Waals surface area (Å²) < 4.78 is 5.56. The lowest BCUT2D eigenvalue weighted by Crippen LogP contribution is -2.17. The van der Waals surface area contributed by atoms with Crippen molar-refractivity contribution in [3.8, 4) is 0 Å². The molecular weight excluding hydrogens is 186 g/mol. The number of hydrogen-bond acceptors (Lipinski definition) is 2. The Labute approximate surface area is 94.8 Å². The predicted octanol–water partition coefficient (Wildman–Crippen LogP) is 3.12. The molecule has 0 aromatic rings. The van der Waals surface area contributed by atoms with Crippen LogP contribution >= 0.6 is 0 Å². The molecule has 1 rings (SSSR count). The van der Waals surface area contributed by atoms with Crippen LogP contribution in [0.4, 0.5) is 0 Å². The highest BCUT2D eigenvalue weighted by atomic mass is 16.5. The summed E-state index contributed by atoms with van der Waals surface area (Å²) >= 11 is 0. The lowest BCUT2D eigenvalue weighted by atomic mass is 10.2. The van der Waals surface area contributed by atoms with Gasteiger partial charge in [-0.25, -0.2) is 0 Å². The SMILES string of the molecule is CCCCCOCCCCCNC1CC1. The third-order valence-electron chi connectivity index (χ3n) is 2.87. The Morgan fingerprint density at radius 1 is 1.00 bits per heavy atom. The summed E-state index contributed by atoms with van der Waals surface area (Å²) in [5, 5.41) is 3.53. The van der Waals surface area contributed by atoms with E-state index in [0.29, 0.717) is 0 Å². The number of nitrogens with one attached hydrogen (secondary N) is 1. The molecule has 0 heterocycles. The van der Waals surface area contributed by atoms with E-state index >= 15 is 0 Å². The first-order valence-electron chi connectivity index (χ1n) is 6.74. The quantitative estimate of drug-likeness (QED) is 0.532. The topological polar surface area (TPSA) is 21.3 Å². The van der Waals surface area contributed by atoms with Gasteiger partial charge in [-0.05, 0) is 45.1 Å². The summed E-state index contributed by atoms with van der Waals surface area (Å²) in [5.41, 5.74) is 0. The first kappa shape index (κ1) is 13.0. The average Bonchev–Trinajstić information content (AvgIpc) is 3.05. The monoisotopic (exact) mass is 213 g/mol. The second-order valence-electron chi connectivity index (χ2n) is 4.61. The van der Waals surface area contributed by atoms with Gasteiger partial charge in [0.25, 0.3) is 0 Å². The molecule has 0 amide bonds. The molecule has 0 aliphatic heterocycles. The molecule has 1 fully saturated rings. The van der Waals surface area contributed by atoms with Gasteiger partial charge >= 0.3 is 0 Å². The van der Waals surface area contributed by atoms with Crippen molar-refractivity contribution < 1.29 is 4.74 Å². The zero-order valence-electron chi connectivity index (χ0n) is 10.3. The molecule has 90 valence electrons. The molecule has 0 spiro atoms. The maximum Gasteiger partial charge on any atom is 0.0466 e. The predicted molar refractivity (Wildman–Crippen MR) is 65.2 cm³/mol.